The molecule has 1 fully saturated rings. The average Bonchev–Trinajstić information content (AvgIpc) is 2.61. The molecule has 6 heteroatoms. The van der Waals surface area contributed by atoms with E-state index in [0.29, 0.717) is 18.0 Å². The summed E-state index contributed by atoms with van der Waals surface area (Å²) < 4.78 is 16.2. The van der Waals surface area contributed by atoms with Crippen LogP contribution in [0.5, 0.6) is 11.5 Å². The molecule has 1 aliphatic heterocycles. The third kappa shape index (κ3) is 5.86. The van der Waals surface area contributed by atoms with Gasteiger partial charge in [-0.15, -0.1) is 0 Å². The minimum atomic E-state index is -0.136. The van der Waals surface area contributed by atoms with Gasteiger partial charge in [0.05, 0.1) is 20.3 Å². The lowest BCUT2D eigenvalue weighted by molar-refractivity contribution is -0.123. The summed E-state index contributed by atoms with van der Waals surface area (Å²) in [6, 6.07) is 5.62. The lowest BCUT2D eigenvalue weighted by Gasteiger charge is -2.26. The SMILES string of the molecule is C/C=C/c1ccc(OCC(=O)NCCN2CCOCC2)c(OC)c1. The van der Waals surface area contributed by atoms with Gasteiger partial charge in [0, 0.05) is 26.2 Å². The van der Waals surface area contributed by atoms with Crippen molar-refractivity contribution >= 4 is 12.0 Å². The molecule has 0 saturated carbocycles. The van der Waals surface area contributed by atoms with Gasteiger partial charge in [0.2, 0.25) is 0 Å². The number of nitrogens with zero attached hydrogens (tertiary/aromatic N) is 1. The maximum absolute atomic E-state index is 11.9. The number of carbonyl (C=O) groups excluding carboxylic acids is 1. The fourth-order valence-electron chi connectivity index (χ4n) is 2.47. The summed E-state index contributed by atoms with van der Waals surface area (Å²) >= 11 is 0. The normalized spacial score (nSPS) is 15.4. The number of morpholine rings is 1. The lowest BCUT2D eigenvalue weighted by Crippen LogP contribution is -2.42. The second kappa shape index (κ2) is 9.95. The van der Waals surface area contributed by atoms with Gasteiger partial charge in [0.25, 0.3) is 5.91 Å². The highest BCUT2D eigenvalue weighted by Crippen LogP contribution is 2.28. The number of nitrogens with one attached hydrogen (secondary N) is 1. The summed E-state index contributed by atoms with van der Waals surface area (Å²) in [4.78, 5) is 14.2. The van der Waals surface area contributed by atoms with Crippen molar-refractivity contribution in [2.75, 3.05) is 53.1 Å². The molecule has 132 valence electrons. The van der Waals surface area contributed by atoms with Gasteiger partial charge in [-0.05, 0) is 24.6 Å². The summed E-state index contributed by atoms with van der Waals surface area (Å²) in [5.74, 6) is 1.05. The summed E-state index contributed by atoms with van der Waals surface area (Å²) in [7, 11) is 1.59. The van der Waals surface area contributed by atoms with Crippen LogP contribution in [0.4, 0.5) is 0 Å². The molecular formula is C18H26N2O4. The fourth-order valence-corrected chi connectivity index (χ4v) is 2.47. The van der Waals surface area contributed by atoms with Crippen LogP contribution in [0.2, 0.25) is 0 Å². The zero-order chi connectivity index (χ0) is 17.2. The Hall–Kier alpha value is -2.05. The number of hydrogen-bond acceptors (Lipinski definition) is 5. The van der Waals surface area contributed by atoms with Crippen molar-refractivity contribution in [2.45, 2.75) is 6.92 Å². The molecular weight excluding hydrogens is 308 g/mol. The Morgan fingerprint density at radius 3 is 2.83 bits per heavy atom. The van der Waals surface area contributed by atoms with E-state index in [4.69, 9.17) is 14.2 Å². The molecule has 0 spiro atoms. The van der Waals surface area contributed by atoms with Gasteiger partial charge in [0.1, 0.15) is 0 Å². The number of allylic oxidation sites excluding steroid dienone is 1. The van der Waals surface area contributed by atoms with Crippen LogP contribution >= 0.6 is 0 Å². The van der Waals surface area contributed by atoms with E-state index in [-0.39, 0.29) is 12.5 Å². The van der Waals surface area contributed by atoms with Crippen molar-refractivity contribution in [1.82, 2.24) is 10.2 Å². The molecule has 1 aliphatic rings. The first-order valence-corrected chi connectivity index (χ1v) is 8.23. The molecule has 1 heterocycles. The van der Waals surface area contributed by atoms with Crippen molar-refractivity contribution in [3.05, 3.63) is 29.8 Å². The van der Waals surface area contributed by atoms with Crippen LogP contribution in [-0.4, -0.2) is 63.9 Å². The first-order valence-electron chi connectivity index (χ1n) is 8.23. The van der Waals surface area contributed by atoms with E-state index in [1.807, 2.05) is 37.3 Å². The third-order valence-corrected chi connectivity index (χ3v) is 3.76. The smallest absolute Gasteiger partial charge is 0.257 e. The van der Waals surface area contributed by atoms with Crippen molar-refractivity contribution in [3.8, 4) is 11.5 Å². The highest BCUT2D eigenvalue weighted by Gasteiger charge is 2.11. The van der Waals surface area contributed by atoms with Crippen LogP contribution in [0.15, 0.2) is 24.3 Å². The number of amides is 1. The van der Waals surface area contributed by atoms with E-state index in [9.17, 15) is 4.79 Å². The van der Waals surface area contributed by atoms with Crippen LogP contribution in [0.25, 0.3) is 6.08 Å². The molecule has 0 atom stereocenters. The molecule has 0 aromatic heterocycles. The van der Waals surface area contributed by atoms with Crippen LogP contribution in [0, 0.1) is 0 Å². The second-order valence-corrected chi connectivity index (χ2v) is 5.50. The Bertz CT molecular complexity index is 554. The molecule has 1 amide bonds. The zero-order valence-electron chi connectivity index (χ0n) is 14.4. The van der Waals surface area contributed by atoms with Crippen LogP contribution in [-0.2, 0) is 9.53 Å². The van der Waals surface area contributed by atoms with Crippen LogP contribution in [0.1, 0.15) is 12.5 Å². The molecule has 0 unspecified atom stereocenters. The van der Waals surface area contributed by atoms with Gasteiger partial charge >= 0.3 is 0 Å². The Balaban J connectivity index is 1.74. The predicted molar refractivity (Wildman–Crippen MR) is 93.5 cm³/mol. The Labute approximate surface area is 143 Å². The number of rotatable bonds is 8. The molecule has 1 aromatic rings. The highest BCUT2D eigenvalue weighted by molar-refractivity contribution is 5.77. The monoisotopic (exact) mass is 334 g/mol. The molecule has 1 aromatic carbocycles. The first kappa shape index (κ1) is 18.3. The maximum atomic E-state index is 11.9. The first-order chi connectivity index (χ1) is 11.7. The van der Waals surface area contributed by atoms with Gasteiger partial charge in [-0.2, -0.15) is 0 Å². The van der Waals surface area contributed by atoms with Crippen LogP contribution < -0.4 is 14.8 Å². The highest BCUT2D eigenvalue weighted by atomic mass is 16.5. The third-order valence-electron chi connectivity index (χ3n) is 3.76. The minimum absolute atomic E-state index is 0.0254. The topological polar surface area (TPSA) is 60.0 Å². The Morgan fingerprint density at radius 2 is 2.12 bits per heavy atom. The summed E-state index contributed by atoms with van der Waals surface area (Å²) in [6.45, 7) is 6.74. The number of benzene rings is 1. The average molecular weight is 334 g/mol. The van der Waals surface area contributed by atoms with Crippen molar-refractivity contribution in [2.24, 2.45) is 0 Å². The molecule has 0 radical (unpaired) electrons. The maximum Gasteiger partial charge on any atom is 0.257 e. The van der Waals surface area contributed by atoms with Gasteiger partial charge in [-0.1, -0.05) is 18.2 Å². The van der Waals surface area contributed by atoms with Crippen LogP contribution in [0.3, 0.4) is 0 Å². The molecule has 0 bridgehead atoms. The molecule has 1 saturated heterocycles. The molecule has 6 nitrogen and oxygen atoms in total. The van der Waals surface area contributed by atoms with Crippen molar-refractivity contribution in [3.63, 3.8) is 0 Å². The minimum Gasteiger partial charge on any atom is -0.493 e. The number of ether oxygens (including phenoxy) is 3. The largest absolute Gasteiger partial charge is 0.493 e. The van der Waals surface area contributed by atoms with Gasteiger partial charge in [-0.3, -0.25) is 9.69 Å². The zero-order valence-corrected chi connectivity index (χ0v) is 14.4. The molecule has 1 N–H and O–H groups in total. The standard InChI is InChI=1S/C18H26N2O4/c1-3-4-15-5-6-16(17(13-15)22-2)24-14-18(21)19-7-8-20-9-11-23-12-10-20/h3-6,13H,7-12,14H2,1-2H3,(H,19,21)/b4-3+. The quantitative estimate of drug-likeness (QED) is 0.782. The van der Waals surface area contributed by atoms with E-state index in [0.717, 1.165) is 38.4 Å². The summed E-state index contributed by atoms with van der Waals surface area (Å²) in [5.41, 5.74) is 1.02. The Kier molecular flexibility index (Phi) is 7.58. The second-order valence-electron chi connectivity index (χ2n) is 5.50. The molecule has 0 aliphatic carbocycles. The number of hydrogen-bond donors (Lipinski definition) is 1. The van der Waals surface area contributed by atoms with Gasteiger partial charge in [-0.25, -0.2) is 0 Å². The van der Waals surface area contributed by atoms with E-state index in [1.54, 1.807) is 7.11 Å². The summed E-state index contributed by atoms with van der Waals surface area (Å²) in [6.07, 6.45) is 3.93. The number of methoxy groups -OCH3 is 1. The van der Waals surface area contributed by atoms with Crippen molar-refractivity contribution < 1.29 is 19.0 Å². The van der Waals surface area contributed by atoms with E-state index in [1.165, 1.54) is 0 Å². The summed E-state index contributed by atoms with van der Waals surface area (Å²) in [5, 5.41) is 2.87. The van der Waals surface area contributed by atoms with E-state index < -0.39 is 0 Å². The van der Waals surface area contributed by atoms with Gasteiger partial charge < -0.3 is 19.5 Å². The van der Waals surface area contributed by atoms with Gasteiger partial charge in [0.15, 0.2) is 18.1 Å². The predicted octanol–water partition coefficient (Wildman–Crippen LogP) is 1.56. The number of carbonyl (C=O) groups is 1. The van der Waals surface area contributed by atoms with E-state index in [2.05, 4.69) is 10.2 Å². The fraction of sp³-hybridized carbons (Fsp3) is 0.500. The Morgan fingerprint density at radius 1 is 1.33 bits per heavy atom. The van der Waals surface area contributed by atoms with E-state index >= 15 is 0 Å². The molecule has 24 heavy (non-hydrogen) atoms. The van der Waals surface area contributed by atoms with Crippen molar-refractivity contribution in [1.29, 1.82) is 0 Å². The molecule has 2 rings (SSSR count). The lowest BCUT2D eigenvalue weighted by atomic mass is 10.2.